The van der Waals surface area contributed by atoms with Crippen molar-refractivity contribution in [1.29, 1.82) is 0 Å². The Hall–Kier alpha value is -3.27. The van der Waals surface area contributed by atoms with Crippen LogP contribution in [0.25, 0.3) is 0 Å². The van der Waals surface area contributed by atoms with Gasteiger partial charge >= 0.3 is 0 Å². The van der Waals surface area contributed by atoms with Crippen LogP contribution in [0.2, 0.25) is 10.0 Å². The summed E-state index contributed by atoms with van der Waals surface area (Å²) in [6.07, 6.45) is 1.34. The van der Waals surface area contributed by atoms with E-state index < -0.39 is 28.5 Å². The minimum atomic E-state index is -3.87. The summed E-state index contributed by atoms with van der Waals surface area (Å²) in [5.41, 5.74) is 0.928. The van der Waals surface area contributed by atoms with Crippen molar-refractivity contribution < 1.29 is 22.7 Å². The molecule has 0 saturated carbocycles. The lowest BCUT2D eigenvalue weighted by molar-refractivity contribution is -0.140. The van der Waals surface area contributed by atoms with Crippen LogP contribution >= 0.6 is 23.2 Å². The second-order valence-electron chi connectivity index (χ2n) is 9.54. The molecule has 214 valence electrons. The summed E-state index contributed by atoms with van der Waals surface area (Å²) in [5.74, 6) is 0.257. The number of anilines is 1. The molecule has 3 aromatic rings. The normalized spacial score (nSPS) is 12.1. The Kier molecular flexibility index (Phi) is 10.8. The van der Waals surface area contributed by atoms with Crippen LogP contribution in [0.15, 0.2) is 72.8 Å². The highest BCUT2D eigenvalue weighted by Gasteiger charge is 2.32. The van der Waals surface area contributed by atoms with Gasteiger partial charge in [-0.3, -0.25) is 13.9 Å². The van der Waals surface area contributed by atoms with E-state index in [0.29, 0.717) is 33.5 Å². The van der Waals surface area contributed by atoms with Crippen LogP contribution in [0.5, 0.6) is 11.5 Å². The van der Waals surface area contributed by atoms with Gasteiger partial charge in [-0.15, -0.1) is 0 Å². The number of sulfonamides is 1. The Balaban J connectivity index is 1.91. The molecule has 40 heavy (non-hydrogen) atoms. The van der Waals surface area contributed by atoms with Gasteiger partial charge < -0.3 is 15.0 Å². The number of nitrogens with zero attached hydrogens (tertiary/aromatic N) is 2. The van der Waals surface area contributed by atoms with E-state index >= 15 is 0 Å². The van der Waals surface area contributed by atoms with Gasteiger partial charge in [-0.25, -0.2) is 8.42 Å². The van der Waals surface area contributed by atoms with Crippen molar-refractivity contribution in [3.05, 3.63) is 88.4 Å². The van der Waals surface area contributed by atoms with Crippen molar-refractivity contribution in [3.63, 3.8) is 0 Å². The molecule has 0 heterocycles. The van der Waals surface area contributed by atoms with Crippen molar-refractivity contribution in [3.8, 4) is 11.5 Å². The van der Waals surface area contributed by atoms with Crippen LogP contribution in [0, 0.1) is 0 Å². The molecule has 0 aliphatic heterocycles. The largest absolute Gasteiger partial charge is 0.457 e. The first-order valence-electron chi connectivity index (χ1n) is 12.7. The SMILES string of the molecule is CC[C@@H](C(=O)NC(C)C)N(Cc1ccc(Cl)c(Cl)c1)C(=O)CN(c1ccc(Oc2ccccc2)cc1)S(C)(=O)=O. The average Bonchev–Trinajstić information content (AvgIpc) is 2.89. The third-order valence-electron chi connectivity index (χ3n) is 5.94. The van der Waals surface area contributed by atoms with Gasteiger partial charge in [-0.05, 0) is 74.4 Å². The molecule has 0 saturated heterocycles. The summed E-state index contributed by atoms with van der Waals surface area (Å²) in [6, 6.07) is 19.5. The minimum absolute atomic E-state index is 0.0290. The van der Waals surface area contributed by atoms with Crippen LogP contribution in [0.4, 0.5) is 5.69 Å². The highest BCUT2D eigenvalue weighted by atomic mass is 35.5. The van der Waals surface area contributed by atoms with Crippen LogP contribution < -0.4 is 14.4 Å². The lowest BCUT2D eigenvalue weighted by atomic mass is 10.1. The first kappa shape index (κ1) is 31.3. The second-order valence-corrected chi connectivity index (χ2v) is 12.3. The monoisotopic (exact) mass is 605 g/mol. The Morgan fingerprint density at radius 1 is 0.925 bits per heavy atom. The van der Waals surface area contributed by atoms with Gasteiger partial charge in [0.15, 0.2) is 0 Å². The standard InChI is InChI=1S/C29H33Cl2N3O5S/c1-5-27(29(36)32-20(2)3)33(18-21-11-16-25(30)26(31)17-21)28(35)19-34(40(4,37)38)22-12-14-24(15-13-22)39-23-9-7-6-8-10-23/h6-17,20,27H,5,18-19H2,1-4H3,(H,32,36)/t27-/m0/s1. The summed E-state index contributed by atoms with van der Waals surface area (Å²) in [4.78, 5) is 28.2. The topological polar surface area (TPSA) is 96.0 Å². The molecule has 0 aromatic heterocycles. The van der Waals surface area contributed by atoms with Gasteiger partial charge in [0.1, 0.15) is 24.1 Å². The molecule has 0 fully saturated rings. The fourth-order valence-corrected chi connectivity index (χ4v) is 5.22. The van der Waals surface area contributed by atoms with Gasteiger partial charge in [0.25, 0.3) is 0 Å². The number of carbonyl (C=O) groups excluding carboxylic acids is 2. The molecule has 3 rings (SSSR count). The number of hydrogen-bond acceptors (Lipinski definition) is 5. The molecule has 1 atom stereocenters. The zero-order valence-electron chi connectivity index (χ0n) is 22.8. The quantitative estimate of drug-likeness (QED) is 0.278. The summed E-state index contributed by atoms with van der Waals surface area (Å²) in [7, 11) is -3.87. The van der Waals surface area contributed by atoms with Crippen molar-refractivity contribution in [2.75, 3.05) is 17.1 Å². The molecule has 0 aliphatic carbocycles. The Bertz CT molecular complexity index is 1420. The van der Waals surface area contributed by atoms with Crippen LogP contribution in [-0.2, 0) is 26.2 Å². The van der Waals surface area contributed by atoms with E-state index in [0.717, 1.165) is 10.6 Å². The van der Waals surface area contributed by atoms with E-state index in [1.165, 1.54) is 4.90 Å². The number of halogens is 2. The number of hydrogen-bond donors (Lipinski definition) is 1. The summed E-state index contributed by atoms with van der Waals surface area (Å²) in [5, 5.41) is 3.52. The second kappa shape index (κ2) is 13.9. The molecule has 2 amide bonds. The van der Waals surface area contributed by atoms with Crippen LogP contribution in [0.1, 0.15) is 32.8 Å². The number of ether oxygens (including phenoxy) is 1. The number of benzene rings is 3. The van der Waals surface area contributed by atoms with Gasteiger partial charge in [0.2, 0.25) is 21.8 Å². The van der Waals surface area contributed by atoms with E-state index in [4.69, 9.17) is 27.9 Å². The van der Waals surface area contributed by atoms with Gasteiger partial charge in [-0.1, -0.05) is 54.4 Å². The Labute approximate surface area is 245 Å². The summed E-state index contributed by atoms with van der Waals surface area (Å²) in [6.45, 7) is 4.96. The molecule has 0 radical (unpaired) electrons. The molecule has 0 bridgehead atoms. The highest BCUT2D eigenvalue weighted by molar-refractivity contribution is 7.92. The summed E-state index contributed by atoms with van der Waals surface area (Å²) >= 11 is 12.3. The Morgan fingerprint density at radius 3 is 2.10 bits per heavy atom. The van der Waals surface area contributed by atoms with Crippen molar-refractivity contribution in [2.24, 2.45) is 0 Å². The molecule has 8 nitrogen and oxygen atoms in total. The third-order valence-corrected chi connectivity index (χ3v) is 7.82. The highest BCUT2D eigenvalue weighted by Crippen LogP contribution is 2.27. The lowest BCUT2D eigenvalue weighted by Crippen LogP contribution is -2.53. The maximum absolute atomic E-state index is 13.8. The Morgan fingerprint density at radius 2 is 1.55 bits per heavy atom. The maximum atomic E-state index is 13.8. The predicted octanol–water partition coefficient (Wildman–Crippen LogP) is 5.88. The van der Waals surface area contributed by atoms with Crippen molar-refractivity contribution in [1.82, 2.24) is 10.2 Å². The zero-order valence-corrected chi connectivity index (χ0v) is 25.1. The van der Waals surface area contributed by atoms with E-state index in [-0.39, 0.29) is 24.2 Å². The first-order chi connectivity index (χ1) is 18.9. The van der Waals surface area contributed by atoms with Crippen molar-refractivity contribution >= 4 is 50.7 Å². The van der Waals surface area contributed by atoms with E-state index in [9.17, 15) is 18.0 Å². The molecule has 3 aromatic carbocycles. The third kappa shape index (κ3) is 8.61. The smallest absolute Gasteiger partial charge is 0.244 e. The van der Waals surface area contributed by atoms with Crippen molar-refractivity contribution in [2.45, 2.75) is 45.8 Å². The zero-order chi connectivity index (χ0) is 29.4. The molecular formula is C29H33Cl2N3O5S. The predicted molar refractivity (Wildman–Crippen MR) is 160 cm³/mol. The molecular weight excluding hydrogens is 573 g/mol. The van der Waals surface area contributed by atoms with E-state index in [1.54, 1.807) is 61.5 Å². The van der Waals surface area contributed by atoms with Crippen LogP contribution in [0.3, 0.4) is 0 Å². The van der Waals surface area contributed by atoms with Gasteiger partial charge in [0, 0.05) is 12.6 Å². The number of nitrogens with one attached hydrogen (secondary N) is 1. The number of carbonyl (C=O) groups is 2. The average molecular weight is 607 g/mol. The van der Waals surface area contributed by atoms with E-state index in [1.807, 2.05) is 32.0 Å². The fourth-order valence-electron chi connectivity index (χ4n) is 4.05. The molecule has 1 N–H and O–H groups in total. The van der Waals surface area contributed by atoms with Gasteiger partial charge in [0.05, 0.1) is 22.0 Å². The van der Waals surface area contributed by atoms with E-state index in [2.05, 4.69) is 5.32 Å². The molecule has 0 aliphatic rings. The number of amides is 2. The number of para-hydroxylation sites is 1. The first-order valence-corrected chi connectivity index (χ1v) is 15.3. The molecule has 0 spiro atoms. The molecule has 11 heteroatoms. The fraction of sp³-hybridized carbons (Fsp3) is 0.310. The summed E-state index contributed by atoms with van der Waals surface area (Å²) < 4.78 is 32.5. The lowest BCUT2D eigenvalue weighted by Gasteiger charge is -2.33. The minimum Gasteiger partial charge on any atom is -0.457 e. The van der Waals surface area contributed by atoms with Crippen LogP contribution in [-0.4, -0.2) is 50.0 Å². The molecule has 0 unspecified atom stereocenters. The number of rotatable bonds is 12. The van der Waals surface area contributed by atoms with Gasteiger partial charge in [-0.2, -0.15) is 0 Å². The maximum Gasteiger partial charge on any atom is 0.244 e.